The summed E-state index contributed by atoms with van der Waals surface area (Å²) in [5.74, 6) is -0.709. The molecule has 0 bridgehead atoms. The summed E-state index contributed by atoms with van der Waals surface area (Å²) < 4.78 is 4.80. The van der Waals surface area contributed by atoms with Crippen molar-refractivity contribution in [3.63, 3.8) is 0 Å². The standard InChI is InChI=1S/C15H22N2O3/c1-12(20-13(2)18)15(19)16-10-7-11-17(3)14-8-5-4-6-9-14/h4-6,8-9,12H,7,10-11H2,1-3H3,(H,16,19)/t12-/m0/s1. The molecular weight excluding hydrogens is 256 g/mol. The van der Waals surface area contributed by atoms with E-state index >= 15 is 0 Å². The number of nitrogens with zero attached hydrogens (tertiary/aromatic N) is 1. The highest BCUT2D eigenvalue weighted by Gasteiger charge is 2.14. The van der Waals surface area contributed by atoms with E-state index in [1.165, 1.54) is 6.92 Å². The van der Waals surface area contributed by atoms with Gasteiger partial charge in [0.1, 0.15) is 0 Å². The predicted octanol–water partition coefficient (Wildman–Crippen LogP) is 1.58. The van der Waals surface area contributed by atoms with Gasteiger partial charge < -0.3 is 15.0 Å². The van der Waals surface area contributed by atoms with Crippen LogP contribution < -0.4 is 10.2 Å². The Hall–Kier alpha value is -2.04. The molecule has 0 unspecified atom stereocenters. The normalized spacial score (nSPS) is 11.6. The Balaban J connectivity index is 2.21. The van der Waals surface area contributed by atoms with Crippen molar-refractivity contribution in [1.82, 2.24) is 5.32 Å². The van der Waals surface area contributed by atoms with Gasteiger partial charge >= 0.3 is 5.97 Å². The maximum atomic E-state index is 11.6. The van der Waals surface area contributed by atoms with E-state index in [1.54, 1.807) is 6.92 Å². The van der Waals surface area contributed by atoms with Gasteiger partial charge in [-0.1, -0.05) is 18.2 Å². The second kappa shape index (κ2) is 8.19. The number of amides is 1. The van der Waals surface area contributed by atoms with Gasteiger partial charge in [-0.25, -0.2) is 0 Å². The van der Waals surface area contributed by atoms with E-state index in [0.717, 1.165) is 18.7 Å². The average molecular weight is 278 g/mol. The second-order valence-corrected chi connectivity index (χ2v) is 4.65. The van der Waals surface area contributed by atoms with Crippen LogP contribution in [0.3, 0.4) is 0 Å². The Morgan fingerprint density at radius 3 is 2.55 bits per heavy atom. The van der Waals surface area contributed by atoms with Gasteiger partial charge in [0.15, 0.2) is 6.10 Å². The molecule has 1 N–H and O–H groups in total. The van der Waals surface area contributed by atoms with Gasteiger partial charge in [-0.3, -0.25) is 9.59 Å². The summed E-state index contributed by atoms with van der Waals surface area (Å²) in [6, 6.07) is 10.1. The molecule has 0 saturated heterocycles. The average Bonchev–Trinajstić information content (AvgIpc) is 2.43. The van der Waals surface area contributed by atoms with Crippen LogP contribution >= 0.6 is 0 Å². The van der Waals surface area contributed by atoms with Gasteiger partial charge in [0.2, 0.25) is 0 Å². The molecule has 0 radical (unpaired) electrons. The summed E-state index contributed by atoms with van der Waals surface area (Å²) in [5, 5.41) is 2.75. The first kappa shape index (κ1) is 16.0. The number of carbonyl (C=O) groups is 2. The van der Waals surface area contributed by atoms with Crippen molar-refractivity contribution in [2.24, 2.45) is 0 Å². The molecular formula is C15H22N2O3. The number of hydrogen-bond acceptors (Lipinski definition) is 4. The molecule has 1 atom stereocenters. The molecule has 0 aromatic heterocycles. The summed E-state index contributed by atoms with van der Waals surface area (Å²) in [7, 11) is 2.01. The zero-order valence-electron chi connectivity index (χ0n) is 12.3. The fraction of sp³-hybridized carbons (Fsp3) is 0.467. The summed E-state index contributed by atoms with van der Waals surface area (Å²) in [6.07, 6.45) is 0.0866. The minimum atomic E-state index is -0.737. The van der Waals surface area contributed by atoms with E-state index in [1.807, 2.05) is 37.4 Å². The predicted molar refractivity (Wildman–Crippen MR) is 78.6 cm³/mol. The van der Waals surface area contributed by atoms with E-state index in [2.05, 4.69) is 10.2 Å². The Bertz CT molecular complexity index is 434. The number of nitrogens with one attached hydrogen (secondary N) is 1. The van der Waals surface area contributed by atoms with Crippen molar-refractivity contribution in [2.75, 3.05) is 25.0 Å². The number of benzene rings is 1. The van der Waals surface area contributed by atoms with E-state index in [0.29, 0.717) is 6.54 Å². The van der Waals surface area contributed by atoms with E-state index in [9.17, 15) is 9.59 Å². The quantitative estimate of drug-likeness (QED) is 0.608. The smallest absolute Gasteiger partial charge is 0.303 e. The lowest BCUT2D eigenvalue weighted by molar-refractivity contribution is -0.152. The van der Waals surface area contributed by atoms with Crippen LogP contribution in [-0.2, 0) is 14.3 Å². The van der Waals surface area contributed by atoms with Crippen LogP contribution in [0.2, 0.25) is 0 Å². The van der Waals surface area contributed by atoms with Crippen LogP contribution in [0.4, 0.5) is 5.69 Å². The number of hydrogen-bond donors (Lipinski definition) is 1. The number of ether oxygens (including phenoxy) is 1. The highest BCUT2D eigenvalue weighted by Crippen LogP contribution is 2.10. The largest absolute Gasteiger partial charge is 0.453 e. The third-order valence-corrected chi connectivity index (χ3v) is 2.88. The first-order valence-corrected chi connectivity index (χ1v) is 6.72. The maximum Gasteiger partial charge on any atom is 0.303 e. The minimum Gasteiger partial charge on any atom is -0.453 e. The summed E-state index contributed by atoms with van der Waals surface area (Å²) in [5.41, 5.74) is 1.15. The highest BCUT2D eigenvalue weighted by atomic mass is 16.5. The molecule has 0 aliphatic rings. The molecule has 110 valence electrons. The van der Waals surface area contributed by atoms with Crippen molar-refractivity contribution >= 4 is 17.6 Å². The molecule has 0 spiro atoms. The molecule has 0 aliphatic heterocycles. The Morgan fingerprint density at radius 2 is 1.95 bits per heavy atom. The van der Waals surface area contributed by atoms with Crippen LogP contribution in [0.25, 0.3) is 0 Å². The molecule has 5 nitrogen and oxygen atoms in total. The van der Waals surface area contributed by atoms with Crippen molar-refractivity contribution in [3.05, 3.63) is 30.3 Å². The number of esters is 1. The number of carbonyl (C=O) groups excluding carboxylic acids is 2. The van der Waals surface area contributed by atoms with Crippen molar-refractivity contribution in [1.29, 1.82) is 0 Å². The second-order valence-electron chi connectivity index (χ2n) is 4.65. The molecule has 1 aromatic carbocycles. The van der Waals surface area contributed by atoms with Gasteiger partial charge in [-0.05, 0) is 25.5 Å². The lowest BCUT2D eigenvalue weighted by Gasteiger charge is -2.19. The monoisotopic (exact) mass is 278 g/mol. The molecule has 20 heavy (non-hydrogen) atoms. The van der Waals surface area contributed by atoms with Crippen molar-refractivity contribution in [2.45, 2.75) is 26.4 Å². The molecule has 1 aromatic rings. The lowest BCUT2D eigenvalue weighted by atomic mass is 10.3. The Kier molecular flexibility index (Phi) is 6.56. The summed E-state index contributed by atoms with van der Waals surface area (Å²) in [4.78, 5) is 24.4. The third-order valence-electron chi connectivity index (χ3n) is 2.88. The topological polar surface area (TPSA) is 58.6 Å². The fourth-order valence-electron chi connectivity index (χ4n) is 1.79. The first-order chi connectivity index (χ1) is 9.50. The molecule has 0 saturated carbocycles. The van der Waals surface area contributed by atoms with Gasteiger partial charge in [0, 0.05) is 32.7 Å². The zero-order valence-corrected chi connectivity index (χ0v) is 12.3. The molecule has 1 amide bonds. The number of rotatable bonds is 7. The number of para-hydroxylation sites is 1. The molecule has 0 fully saturated rings. The van der Waals surface area contributed by atoms with Crippen LogP contribution in [0.5, 0.6) is 0 Å². The van der Waals surface area contributed by atoms with Crippen LogP contribution in [0, 0.1) is 0 Å². The lowest BCUT2D eigenvalue weighted by Crippen LogP contribution is -2.36. The zero-order chi connectivity index (χ0) is 15.0. The van der Waals surface area contributed by atoms with Gasteiger partial charge in [0.05, 0.1) is 0 Å². The maximum absolute atomic E-state index is 11.6. The molecule has 0 aliphatic carbocycles. The van der Waals surface area contributed by atoms with Crippen molar-refractivity contribution < 1.29 is 14.3 Å². The fourth-order valence-corrected chi connectivity index (χ4v) is 1.79. The Labute approximate surface area is 119 Å². The van der Waals surface area contributed by atoms with Crippen LogP contribution in [0.15, 0.2) is 30.3 Å². The molecule has 1 rings (SSSR count). The molecule has 0 heterocycles. The highest BCUT2D eigenvalue weighted by molar-refractivity contribution is 5.82. The van der Waals surface area contributed by atoms with E-state index in [-0.39, 0.29) is 5.91 Å². The van der Waals surface area contributed by atoms with Crippen LogP contribution in [0.1, 0.15) is 20.3 Å². The van der Waals surface area contributed by atoms with E-state index < -0.39 is 12.1 Å². The third kappa shape index (κ3) is 5.73. The molecule has 5 heteroatoms. The van der Waals surface area contributed by atoms with Gasteiger partial charge in [0.25, 0.3) is 5.91 Å². The van der Waals surface area contributed by atoms with E-state index in [4.69, 9.17) is 4.74 Å². The van der Waals surface area contributed by atoms with Gasteiger partial charge in [-0.2, -0.15) is 0 Å². The number of anilines is 1. The van der Waals surface area contributed by atoms with Crippen LogP contribution in [-0.4, -0.2) is 38.1 Å². The summed E-state index contributed by atoms with van der Waals surface area (Å²) >= 11 is 0. The SMILES string of the molecule is CC(=O)O[C@@H](C)C(=O)NCCCN(C)c1ccccc1. The first-order valence-electron chi connectivity index (χ1n) is 6.72. The Morgan fingerprint density at radius 1 is 1.30 bits per heavy atom. The summed E-state index contributed by atoms with van der Waals surface area (Å²) in [6.45, 7) is 4.25. The minimum absolute atomic E-state index is 0.262. The van der Waals surface area contributed by atoms with Crippen molar-refractivity contribution in [3.8, 4) is 0 Å². The van der Waals surface area contributed by atoms with Gasteiger partial charge in [-0.15, -0.1) is 0 Å².